The molecule has 0 spiro atoms. The van der Waals surface area contributed by atoms with E-state index in [0.29, 0.717) is 11.8 Å². The van der Waals surface area contributed by atoms with E-state index in [1.807, 2.05) is 0 Å². The van der Waals surface area contributed by atoms with Crippen LogP contribution in [0.3, 0.4) is 0 Å². The van der Waals surface area contributed by atoms with Crippen LogP contribution in [0.1, 0.15) is 46.5 Å². The summed E-state index contributed by atoms with van der Waals surface area (Å²) >= 11 is 0. The first kappa shape index (κ1) is 13.5. The number of nitrogens with zero attached hydrogens (tertiary/aromatic N) is 1. The molecule has 94 valence electrons. The van der Waals surface area contributed by atoms with E-state index in [1.54, 1.807) is 0 Å². The Morgan fingerprint density at radius 1 is 1.31 bits per heavy atom. The molecule has 1 saturated heterocycles. The van der Waals surface area contributed by atoms with Gasteiger partial charge in [-0.05, 0) is 50.2 Å². The molecule has 16 heavy (non-hydrogen) atoms. The first-order valence-corrected chi connectivity index (χ1v) is 6.40. The van der Waals surface area contributed by atoms with E-state index in [1.165, 1.54) is 25.9 Å². The fraction of sp³-hybridized carbons (Fsp3) is 0.923. The molecule has 3 nitrogen and oxygen atoms in total. The molecule has 1 amide bonds. The van der Waals surface area contributed by atoms with E-state index in [2.05, 4.69) is 25.7 Å². The van der Waals surface area contributed by atoms with Crippen molar-refractivity contribution in [1.82, 2.24) is 4.90 Å². The Bertz CT molecular complexity index is 225. The third-order valence-electron chi connectivity index (χ3n) is 3.71. The maximum Gasteiger partial charge on any atom is 0.217 e. The number of amides is 1. The molecule has 0 aromatic rings. The van der Waals surface area contributed by atoms with Gasteiger partial charge in [-0.2, -0.15) is 0 Å². The molecule has 1 aliphatic heterocycles. The molecule has 3 heteroatoms. The molecule has 1 rings (SSSR count). The van der Waals surface area contributed by atoms with Crippen molar-refractivity contribution in [2.24, 2.45) is 17.1 Å². The van der Waals surface area contributed by atoms with Crippen molar-refractivity contribution in [3.05, 3.63) is 0 Å². The zero-order valence-corrected chi connectivity index (χ0v) is 11.0. The summed E-state index contributed by atoms with van der Waals surface area (Å²) in [6.45, 7) is 10.4. The van der Waals surface area contributed by atoms with E-state index in [9.17, 15) is 4.79 Å². The Kier molecular flexibility index (Phi) is 4.78. The van der Waals surface area contributed by atoms with Crippen molar-refractivity contribution in [2.75, 3.05) is 19.6 Å². The van der Waals surface area contributed by atoms with Crippen molar-refractivity contribution in [2.45, 2.75) is 46.5 Å². The van der Waals surface area contributed by atoms with Crippen molar-refractivity contribution in [1.29, 1.82) is 0 Å². The smallest absolute Gasteiger partial charge is 0.217 e. The number of rotatable bonds is 4. The van der Waals surface area contributed by atoms with E-state index in [-0.39, 0.29) is 5.91 Å². The molecule has 0 bridgehead atoms. The molecule has 0 aromatic heterocycles. The van der Waals surface area contributed by atoms with Crippen LogP contribution in [0.15, 0.2) is 0 Å². The third kappa shape index (κ3) is 4.52. The van der Waals surface area contributed by atoms with Crippen LogP contribution >= 0.6 is 0 Å². The lowest BCUT2D eigenvalue weighted by Gasteiger charge is -2.38. The summed E-state index contributed by atoms with van der Waals surface area (Å²) in [6.07, 6.45) is 4.02. The minimum absolute atomic E-state index is 0.176. The van der Waals surface area contributed by atoms with Gasteiger partial charge in [0.15, 0.2) is 0 Å². The highest BCUT2D eigenvalue weighted by Gasteiger charge is 2.28. The minimum atomic E-state index is -0.176. The number of nitrogens with two attached hydrogens (primary N) is 1. The second-order valence-electron chi connectivity index (χ2n) is 6.05. The van der Waals surface area contributed by atoms with Gasteiger partial charge in [0.2, 0.25) is 5.91 Å². The van der Waals surface area contributed by atoms with Crippen LogP contribution in [0.5, 0.6) is 0 Å². The zero-order chi connectivity index (χ0) is 12.2. The highest BCUT2D eigenvalue weighted by molar-refractivity contribution is 5.73. The Balaban J connectivity index is 2.19. The van der Waals surface area contributed by atoms with Crippen LogP contribution in [0.4, 0.5) is 0 Å². The van der Waals surface area contributed by atoms with Crippen LogP contribution in [0, 0.1) is 11.3 Å². The number of hydrogen-bond acceptors (Lipinski definition) is 2. The Morgan fingerprint density at radius 3 is 2.31 bits per heavy atom. The summed E-state index contributed by atoms with van der Waals surface area (Å²) in [5.74, 6) is 0.671. The van der Waals surface area contributed by atoms with Crippen molar-refractivity contribution in [3.8, 4) is 0 Å². The van der Waals surface area contributed by atoms with Crippen molar-refractivity contribution < 1.29 is 4.79 Å². The number of likely N-dealkylation sites (tertiary alicyclic amines) is 1. The van der Waals surface area contributed by atoms with E-state index >= 15 is 0 Å². The zero-order valence-electron chi connectivity index (χ0n) is 11.0. The summed E-state index contributed by atoms with van der Waals surface area (Å²) < 4.78 is 0. The highest BCUT2D eigenvalue weighted by Crippen LogP contribution is 2.34. The lowest BCUT2D eigenvalue weighted by Crippen LogP contribution is -2.38. The molecule has 1 fully saturated rings. The number of primary amides is 1. The SMILES string of the molecule is CC(C)(C)C1CCN(CCCC(N)=O)CC1. The topological polar surface area (TPSA) is 46.3 Å². The van der Waals surface area contributed by atoms with Crippen LogP contribution in [0.2, 0.25) is 0 Å². The van der Waals surface area contributed by atoms with Crippen LogP contribution in [0.25, 0.3) is 0 Å². The lowest BCUT2D eigenvalue weighted by atomic mass is 9.75. The Labute approximate surface area is 99.4 Å². The molecule has 0 aliphatic carbocycles. The maximum atomic E-state index is 10.6. The lowest BCUT2D eigenvalue weighted by molar-refractivity contribution is -0.118. The molecule has 0 saturated carbocycles. The standard InChI is InChI=1S/C13H26N2O/c1-13(2,3)11-6-9-15(10-7-11)8-4-5-12(14)16/h11H,4-10H2,1-3H3,(H2,14,16). The van der Waals surface area contributed by atoms with E-state index in [0.717, 1.165) is 18.9 Å². The Morgan fingerprint density at radius 2 is 1.88 bits per heavy atom. The van der Waals surface area contributed by atoms with Gasteiger partial charge in [-0.3, -0.25) is 4.79 Å². The quantitative estimate of drug-likeness (QED) is 0.797. The summed E-state index contributed by atoms with van der Waals surface area (Å²) in [5, 5.41) is 0. The summed E-state index contributed by atoms with van der Waals surface area (Å²) in [4.78, 5) is 13.1. The first-order valence-electron chi connectivity index (χ1n) is 6.40. The molecule has 1 aliphatic rings. The fourth-order valence-corrected chi connectivity index (χ4v) is 2.50. The molecule has 2 N–H and O–H groups in total. The predicted octanol–water partition coefficient (Wildman–Crippen LogP) is 2.01. The van der Waals surface area contributed by atoms with Gasteiger partial charge in [0.05, 0.1) is 0 Å². The molecule has 0 radical (unpaired) electrons. The largest absolute Gasteiger partial charge is 0.370 e. The van der Waals surface area contributed by atoms with Crippen LogP contribution in [-0.4, -0.2) is 30.4 Å². The van der Waals surface area contributed by atoms with E-state index in [4.69, 9.17) is 5.73 Å². The summed E-state index contributed by atoms with van der Waals surface area (Å²) in [7, 11) is 0. The molecule has 0 aromatic carbocycles. The molecule has 0 unspecified atom stereocenters. The van der Waals surface area contributed by atoms with Gasteiger partial charge in [-0.1, -0.05) is 20.8 Å². The van der Waals surface area contributed by atoms with Crippen molar-refractivity contribution in [3.63, 3.8) is 0 Å². The van der Waals surface area contributed by atoms with Gasteiger partial charge in [0, 0.05) is 6.42 Å². The maximum absolute atomic E-state index is 10.6. The molecule has 1 heterocycles. The summed E-state index contributed by atoms with van der Waals surface area (Å²) in [5.41, 5.74) is 5.57. The van der Waals surface area contributed by atoms with Gasteiger partial charge in [0.25, 0.3) is 0 Å². The van der Waals surface area contributed by atoms with Gasteiger partial charge < -0.3 is 10.6 Å². The second kappa shape index (κ2) is 5.67. The van der Waals surface area contributed by atoms with Crippen molar-refractivity contribution >= 4 is 5.91 Å². The predicted molar refractivity (Wildman–Crippen MR) is 67.0 cm³/mol. The van der Waals surface area contributed by atoms with Gasteiger partial charge >= 0.3 is 0 Å². The van der Waals surface area contributed by atoms with Crippen LogP contribution < -0.4 is 5.73 Å². The minimum Gasteiger partial charge on any atom is -0.370 e. The van der Waals surface area contributed by atoms with E-state index < -0.39 is 0 Å². The second-order valence-corrected chi connectivity index (χ2v) is 6.05. The molecular formula is C13H26N2O. The average molecular weight is 226 g/mol. The number of hydrogen-bond donors (Lipinski definition) is 1. The van der Waals surface area contributed by atoms with Gasteiger partial charge in [0.1, 0.15) is 0 Å². The third-order valence-corrected chi connectivity index (χ3v) is 3.71. The van der Waals surface area contributed by atoms with Gasteiger partial charge in [-0.15, -0.1) is 0 Å². The monoisotopic (exact) mass is 226 g/mol. The highest BCUT2D eigenvalue weighted by atomic mass is 16.1. The normalized spacial score (nSPS) is 19.9. The fourth-order valence-electron chi connectivity index (χ4n) is 2.50. The van der Waals surface area contributed by atoms with Gasteiger partial charge in [-0.25, -0.2) is 0 Å². The number of carbonyl (C=O) groups excluding carboxylic acids is 1. The molecule has 0 atom stereocenters. The van der Waals surface area contributed by atoms with Crippen LogP contribution in [-0.2, 0) is 4.79 Å². The first-order chi connectivity index (χ1) is 7.39. The molecular weight excluding hydrogens is 200 g/mol. The summed E-state index contributed by atoms with van der Waals surface area (Å²) in [6, 6.07) is 0. The number of piperidine rings is 1. The number of carbonyl (C=O) groups is 1. The average Bonchev–Trinajstić information content (AvgIpc) is 2.16. The Hall–Kier alpha value is -0.570.